The Morgan fingerprint density at radius 1 is 1.41 bits per heavy atom. The second kappa shape index (κ2) is 10.6. The summed E-state index contributed by atoms with van der Waals surface area (Å²) in [5.41, 5.74) is 6.63. The first kappa shape index (κ1) is 20.9. The van der Waals surface area contributed by atoms with E-state index in [1.807, 2.05) is 19.1 Å². The summed E-state index contributed by atoms with van der Waals surface area (Å²) >= 11 is 0. The molecule has 0 saturated carbocycles. The van der Waals surface area contributed by atoms with Crippen molar-refractivity contribution in [2.45, 2.75) is 25.9 Å². The van der Waals surface area contributed by atoms with Gasteiger partial charge in [-0.05, 0) is 18.1 Å². The fourth-order valence-corrected chi connectivity index (χ4v) is 2.01. The van der Waals surface area contributed by atoms with E-state index in [9.17, 15) is 4.79 Å². The van der Waals surface area contributed by atoms with Gasteiger partial charge in [-0.1, -0.05) is 13.0 Å². The quantitative estimate of drug-likeness (QED) is 0.831. The number of rotatable bonds is 5. The minimum Gasteiger partial charge on any atom is -0.378 e. The van der Waals surface area contributed by atoms with Crippen molar-refractivity contribution < 1.29 is 9.53 Å². The number of morpholine rings is 1. The number of anilines is 1. The summed E-state index contributed by atoms with van der Waals surface area (Å²) in [6.07, 6.45) is 2.43. The number of nitrogens with two attached hydrogens (primary N) is 1. The normalized spacial score (nSPS) is 15.3. The van der Waals surface area contributed by atoms with Gasteiger partial charge in [0.2, 0.25) is 5.91 Å². The van der Waals surface area contributed by atoms with E-state index in [1.54, 1.807) is 6.20 Å². The van der Waals surface area contributed by atoms with Gasteiger partial charge in [0.1, 0.15) is 5.82 Å². The molecule has 126 valence electrons. The lowest BCUT2D eigenvalue weighted by Gasteiger charge is -2.27. The zero-order valence-electron chi connectivity index (χ0n) is 12.7. The summed E-state index contributed by atoms with van der Waals surface area (Å²) in [5.74, 6) is 0.832. The number of amides is 1. The van der Waals surface area contributed by atoms with E-state index in [1.165, 1.54) is 0 Å². The molecule has 0 aromatic carbocycles. The van der Waals surface area contributed by atoms with Crippen LogP contribution in [0.15, 0.2) is 18.3 Å². The number of nitrogens with zero attached hydrogens (tertiary/aromatic N) is 2. The molecular weight excluding hydrogens is 327 g/mol. The lowest BCUT2D eigenvalue weighted by Crippen LogP contribution is -2.39. The van der Waals surface area contributed by atoms with E-state index >= 15 is 0 Å². The lowest BCUT2D eigenvalue weighted by atomic mass is 10.2. The first-order valence-electron chi connectivity index (χ1n) is 7.01. The van der Waals surface area contributed by atoms with Gasteiger partial charge < -0.3 is 20.7 Å². The van der Waals surface area contributed by atoms with Gasteiger partial charge in [0.05, 0.1) is 19.3 Å². The third-order valence-corrected chi connectivity index (χ3v) is 3.39. The van der Waals surface area contributed by atoms with Gasteiger partial charge in [-0.2, -0.15) is 0 Å². The smallest absolute Gasteiger partial charge is 0.237 e. The molecule has 0 bridgehead atoms. The van der Waals surface area contributed by atoms with E-state index < -0.39 is 6.04 Å². The maximum atomic E-state index is 11.6. The molecule has 2 rings (SSSR count). The van der Waals surface area contributed by atoms with Crippen molar-refractivity contribution >= 4 is 36.5 Å². The maximum Gasteiger partial charge on any atom is 0.237 e. The minimum atomic E-state index is -0.435. The predicted molar refractivity (Wildman–Crippen MR) is 91.9 cm³/mol. The second-order valence-corrected chi connectivity index (χ2v) is 4.86. The van der Waals surface area contributed by atoms with Gasteiger partial charge >= 0.3 is 0 Å². The number of aromatic nitrogens is 1. The highest BCUT2D eigenvalue weighted by molar-refractivity contribution is 5.85. The fourth-order valence-electron chi connectivity index (χ4n) is 2.01. The van der Waals surface area contributed by atoms with Gasteiger partial charge in [-0.25, -0.2) is 4.98 Å². The van der Waals surface area contributed by atoms with E-state index in [0.717, 1.165) is 37.7 Å². The van der Waals surface area contributed by atoms with Gasteiger partial charge in [0.25, 0.3) is 0 Å². The summed E-state index contributed by atoms with van der Waals surface area (Å²) in [7, 11) is 0. The van der Waals surface area contributed by atoms with Gasteiger partial charge in [0, 0.05) is 25.8 Å². The molecule has 22 heavy (non-hydrogen) atoms. The summed E-state index contributed by atoms with van der Waals surface area (Å²) in [5, 5.41) is 2.81. The standard InChI is InChI=1S/C14H22N4O2.2ClH/c1-2-12(15)14(19)17-10-11-3-4-13(16-9-11)18-5-7-20-8-6-18;;/h3-4,9,12H,2,5-8,10,15H2,1H3,(H,17,19);2*1H/t12-;;/m0../s1. The number of hydrogen-bond acceptors (Lipinski definition) is 5. The first-order chi connectivity index (χ1) is 9.70. The second-order valence-electron chi connectivity index (χ2n) is 4.86. The lowest BCUT2D eigenvalue weighted by molar-refractivity contribution is -0.122. The van der Waals surface area contributed by atoms with E-state index in [2.05, 4.69) is 15.2 Å². The van der Waals surface area contributed by atoms with E-state index in [4.69, 9.17) is 10.5 Å². The minimum absolute atomic E-state index is 0. The Hall–Kier alpha value is -1.08. The average Bonchev–Trinajstić information content (AvgIpc) is 2.53. The summed E-state index contributed by atoms with van der Waals surface area (Å²) in [4.78, 5) is 18.2. The number of ether oxygens (including phenoxy) is 1. The molecule has 1 amide bonds. The molecule has 2 heterocycles. The Labute approximate surface area is 143 Å². The third-order valence-electron chi connectivity index (χ3n) is 3.39. The topological polar surface area (TPSA) is 80.5 Å². The number of hydrogen-bond donors (Lipinski definition) is 2. The highest BCUT2D eigenvalue weighted by Crippen LogP contribution is 2.12. The summed E-state index contributed by atoms with van der Waals surface area (Å²) in [6.45, 7) is 5.58. The molecule has 1 aliphatic rings. The van der Waals surface area contributed by atoms with Crippen LogP contribution in [0.2, 0.25) is 0 Å². The van der Waals surface area contributed by atoms with Gasteiger partial charge in [-0.15, -0.1) is 24.8 Å². The van der Waals surface area contributed by atoms with Crippen molar-refractivity contribution in [1.82, 2.24) is 10.3 Å². The van der Waals surface area contributed by atoms with Crippen molar-refractivity contribution in [3.8, 4) is 0 Å². The van der Waals surface area contributed by atoms with Crippen LogP contribution in [0.3, 0.4) is 0 Å². The summed E-state index contributed by atoms with van der Waals surface area (Å²) < 4.78 is 5.31. The number of nitrogens with one attached hydrogen (secondary N) is 1. The molecule has 6 nitrogen and oxygen atoms in total. The van der Waals surface area contributed by atoms with Crippen molar-refractivity contribution in [1.29, 1.82) is 0 Å². The Morgan fingerprint density at radius 2 is 2.09 bits per heavy atom. The molecular formula is C14H24Cl2N4O2. The van der Waals surface area contributed by atoms with Crippen LogP contribution >= 0.6 is 24.8 Å². The highest BCUT2D eigenvalue weighted by Gasteiger charge is 2.13. The maximum absolute atomic E-state index is 11.6. The summed E-state index contributed by atoms with van der Waals surface area (Å²) in [6, 6.07) is 3.53. The van der Waals surface area contributed by atoms with Crippen LogP contribution in [0.4, 0.5) is 5.82 Å². The molecule has 1 atom stereocenters. The molecule has 1 aliphatic heterocycles. The Morgan fingerprint density at radius 3 is 2.64 bits per heavy atom. The van der Waals surface area contributed by atoms with Crippen LogP contribution in [0.25, 0.3) is 0 Å². The largest absolute Gasteiger partial charge is 0.378 e. The number of pyridine rings is 1. The highest BCUT2D eigenvalue weighted by atomic mass is 35.5. The van der Waals surface area contributed by atoms with E-state index in [0.29, 0.717) is 13.0 Å². The molecule has 0 unspecified atom stereocenters. The molecule has 0 radical (unpaired) electrons. The van der Waals surface area contributed by atoms with Crippen molar-refractivity contribution in [2.75, 3.05) is 31.2 Å². The van der Waals surface area contributed by atoms with Crippen LogP contribution in [0.1, 0.15) is 18.9 Å². The van der Waals surface area contributed by atoms with Crippen LogP contribution in [-0.2, 0) is 16.1 Å². The number of carbonyl (C=O) groups excluding carboxylic acids is 1. The van der Waals surface area contributed by atoms with Crippen LogP contribution in [0, 0.1) is 0 Å². The molecule has 3 N–H and O–H groups in total. The first-order valence-corrected chi connectivity index (χ1v) is 7.01. The number of carbonyl (C=O) groups is 1. The fraction of sp³-hybridized carbons (Fsp3) is 0.571. The molecule has 0 spiro atoms. The van der Waals surface area contributed by atoms with Crippen molar-refractivity contribution in [3.05, 3.63) is 23.9 Å². The monoisotopic (exact) mass is 350 g/mol. The molecule has 1 aromatic rings. The van der Waals surface area contributed by atoms with Crippen molar-refractivity contribution in [2.24, 2.45) is 5.73 Å². The van der Waals surface area contributed by atoms with E-state index in [-0.39, 0.29) is 30.7 Å². The van der Waals surface area contributed by atoms with Gasteiger partial charge in [-0.3, -0.25) is 4.79 Å². The molecule has 8 heteroatoms. The Bertz CT molecular complexity index is 439. The SMILES string of the molecule is CC[C@H](N)C(=O)NCc1ccc(N2CCOCC2)nc1.Cl.Cl. The number of halogens is 2. The average molecular weight is 351 g/mol. The van der Waals surface area contributed by atoms with Gasteiger partial charge in [0.15, 0.2) is 0 Å². The Kier molecular flexibility index (Phi) is 10.1. The predicted octanol–water partition coefficient (Wildman–Crippen LogP) is 1.12. The van der Waals surface area contributed by atoms with Crippen LogP contribution in [-0.4, -0.2) is 43.2 Å². The Balaban J connectivity index is 0.00000220. The van der Waals surface area contributed by atoms with Crippen molar-refractivity contribution in [3.63, 3.8) is 0 Å². The molecule has 1 aromatic heterocycles. The molecule has 1 fully saturated rings. The zero-order valence-corrected chi connectivity index (χ0v) is 14.3. The zero-order chi connectivity index (χ0) is 14.4. The third kappa shape index (κ3) is 5.96. The van der Waals surface area contributed by atoms with Crippen LogP contribution < -0.4 is 16.0 Å². The molecule has 1 saturated heterocycles. The van der Waals surface area contributed by atoms with Crippen LogP contribution in [0.5, 0.6) is 0 Å². The molecule has 0 aliphatic carbocycles.